The van der Waals surface area contributed by atoms with E-state index in [9.17, 15) is 13.2 Å². The Balaban J connectivity index is 1.44. The molecule has 1 atom stereocenters. The first-order chi connectivity index (χ1) is 16.6. The number of hydrogen-bond acceptors (Lipinski definition) is 6. The zero-order chi connectivity index (χ0) is 24.9. The number of amides is 1. The Hall–Kier alpha value is -2.79. The third-order valence-corrected chi connectivity index (χ3v) is 9.50. The molecule has 2 aromatic carbocycles. The lowest BCUT2D eigenvalue weighted by Crippen LogP contribution is -2.43. The molecule has 0 aliphatic carbocycles. The fraction of sp³-hybridized carbons (Fsp3) is 0.292. The second-order valence-corrected chi connectivity index (χ2v) is 12.0. The molecule has 1 amide bonds. The number of carbonyl (C=O) groups excluding carboxylic acids is 1. The van der Waals surface area contributed by atoms with E-state index in [0.717, 1.165) is 21.3 Å². The molecule has 2 aromatic heterocycles. The molecular weight excluding hydrogens is 506 g/mol. The van der Waals surface area contributed by atoms with E-state index in [1.54, 1.807) is 35.0 Å². The van der Waals surface area contributed by atoms with Crippen molar-refractivity contribution in [3.05, 3.63) is 64.3 Å². The third kappa shape index (κ3) is 4.35. The van der Waals surface area contributed by atoms with Gasteiger partial charge in [0.15, 0.2) is 0 Å². The number of rotatable bonds is 5. The zero-order valence-corrected chi connectivity index (χ0v) is 21.8. The highest BCUT2D eigenvalue weighted by molar-refractivity contribution is 7.89. The van der Waals surface area contributed by atoms with Crippen molar-refractivity contribution in [3.63, 3.8) is 0 Å². The number of aromatic nitrogens is 3. The highest BCUT2D eigenvalue weighted by atomic mass is 35.5. The summed E-state index contributed by atoms with van der Waals surface area (Å²) in [6, 6.07) is 11.4. The average Bonchev–Trinajstić information content (AvgIpc) is 3.55. The molecule has 1 saturated heterocycles. The quantitative estimate of drug-likeness (QED) is 0.398. The van der Waals surface area contributed by atoms with E-state index in [4.69, 9.17) is 16.6 Å². The SMILES string of the molecule is Cc1ccc(S(=O)(=O)N2CCCC2C(=O)Nc2cc(C)nn2-c2nc3c(C)ccc(Cl)c3s2)cc1. The average molecular weight is 530 g/mol. The molecule has 5 rings (SSSR count). The van der Waals surface area contributed by atoms with Gasteiger partial charge in [-0.05, 0) is 57.4 Å². The Morgan fingerprint density at radius 3 is 2.60 bits per heavy atom. The maximum atomic E-state index is 13.3. The number of halogens is 1. The van der Waals surface area contributed by atoms with Gasteiger partial charge in [-0.25, -0.2) is 13.4 Å². The van der Waals surface area contributed by atoms with Crippen LogP contribution in [0.25, 0.3) is 15.3 Å². The predicted octanol–water partition coefficient (Wildman–Crippen LogP) is 4.85. The van der Waals surface area contributed by atoms with Crippen LogP contribution in [0.15, 0.2) is 47.4 Å². The second kappa shape index (κ2) is 9.02. The van der Waals surface area contributed by atoms with E-state index in [2.05, 4.69) is 10.4 Å². The molecule has 1 fully saturated rings. The van der Waals surface area contributed by atoms with Gasteiger partial charge >= 0.3 is 0 Å². The highest BCUT2D eigenvalue weighted by Gasteiger charge is 2.39. The van der Waals surface area contributed by atoms with Crippen LogP contribution in [0.5, 0.6) is 0 Å². The summed E-state index contributed by atoms with van der Waals surface area (Å²) in [5, 5.41) is 8.58. The zero-order valence-electron chi connectivity index (χ0n) is 19.4. The summed E-state index contributed by atoms with van der Waals surface area (Å²) in [6.45, 7) is 5.97. The van der Waals surface area contributed by atoms with E-state index in [1.165, 1.54) is 15.6 Å². The molecule has 8 nitrogen and oxygen atoms in total. The van der Waals surface area contributed by atoms with Crippen LogP contribution >= 0.6 is 22.9 Å². The van der Waals surface area contributed by atoms with Gasteiger partial charge in [0.2, 0.25) is 21.1 Å². The number of anilines is 1. The number of sulfonamides is 1. The van der Waals surface area contributed by atoms with Gasteiger partial charge in [-0.15, -0.1) is 0 Å². The number of fused-ring (bicyclic) bond motifs is 1. The van der Waals surface area contributed by atoms with Crippen LogP contribution in [0.3, 0.4) is 0 Å². The van der Waals surface area contributed by atoms with Crippen LogP contribution in [0.4, 0.5) is 5.82 Å². The van der Waals surface area contributed by atoms with Crippen molar-refractivity contribution in [3.8, 4) is 5.13 Å². The maximum absolute atomic E-state index is 13.3. The lowest BCUT2D eigenvalue weighted by molar-refractivity contribution is -0.119. The monoisotopic (exact) mass is 529 g/mol. The fourth-order valence-electron chi connectivity index (χ4n) is 4.26. The van der Waals surface area contributed by atoms with E-state index >= 15 is 0 Å². The van der Waals surface area contributed by atoms with Crippen LogP contribution in [-0.2, 0) is 14.8 Å². The van der Waals surface area contributed by atoms with Crippen molar-refractivity contribution in [1.82, 2.24) is 19.1 Å². The van der Waals surface area contributed by atoms with Crippen LogP contribution in [0, 0.1) is 20.8 Å². The van der Waals surface area contributed by atoms with E-state index in [0.29, 0.717) is 41.1 Å². The summed E-state index contributed by atoms with van der Waals surface area (Å²) in [4.78, 5) is 18.2. The first-order valence-corrected chi connectivity index (χ1v) is 13.8. The summed E-state index contributed by atoms with van der Waals surface area (Å²) in [5.74, 6) is 0.0366. The number of nitrogens with one attached hydrogen (secondary N) is 1. The van der Waals surface area contributed by atoms with E-state index in [1.807, 2.05) is 32.9 Å². The molecule has 0 saturated carbocycles. The molecule has 1 aliphatic rings. The van der Waals surface area contributed by atoms with Crippen molar-refractivity contribution in [1.29, 1.82) is 0 Å². The molecule has 11 heteroatoms. The van der Waals surface area contributed by atoms with Gasteiger partial charge in [-0.2, -0.15) is 14.1 Å². The Labute approximate surface area is 212 Å². The molecule has 0 spiro atoms. The van der Waals surface area contributed by atoms with E-state index in [-0.39, 0.29) is 4.90 Å². The number of carbonyl (C=O) groups is 1. The molecule has 0 bridgehead atoms. The van der Waals surface area contributed by atoms with Gasteiger partial charge in [0, 0.05) is 12.6 Å². The molecular formula is C24H24ClN5O3S2. The first-order valence-electron chi connectivity index (χ1n) is 11.2. The van der Waals surface area contributed by atoms with Gasteiger partial charge in [-0.3, -0.25) is 4.79 Å². The number of benzene rings is 2. The standard InChI is InChI=1S/C24H24ClN5O3S2/c1-14-6-9-17(10-7-14)35(32,33)29-12-4-5-19(29)23(31)26-20-13-16(3)28-30(20)24-27-21-15(2)8-11-18(25)22(21)34-24/h6-11,13,19H,4-5,12H2,1-3H3,(H,26,31). The predicted molar refractivity (Wildman–Crippen MR) is 138 cm³/mol. The molecule has 3 heterocycles. The lowest BCUT2D eigenvalue weighted by atomic mass is 10.2. The largest absolute Gasteiger partial charge is 0.309 e. The molecule has 182 valence electrons. The Morgan fingerprint density at radius 2 is 1.89 bits per heavy atom. The summed E-state index contributed by atoms with van der Waals surface area (Å²) in [5.41, 5.74) is 3.44. The van der Waals surface area contributed by atoms with Crippen molar-refractivity contribution in [2.45, 2.75) is 44.6 Å². The van der Waals surface area contributed by atoms with Crippen molar-refractivity contribution >= 4 is 54.9 Å². The maximum Gasteiger partial charge on any atom is 0.243 e. The smallest absolute Gasteiger partial charge is 0.243 e. The summed E-state index contributed by atoms with van der Waals surface area (Å²) in [6.07, 6.45) is 1.05. The molecule has 1 unspecified atom stereocenters. The second-order valence-electron chi connectivity index (χ2n) is 8.70. The first kappa shape index (κ1) is 23.9. The minimum absolute atomic E-state index is 0.186. The number of thiazole rings is 1. The van der Waals surface area contributed by atoms with Crippen LogP contribution in [0.2, 0.25) is 5.02 Å². The van der Waals surface area contributed by atoms with Gasteiger partial charge in [0.05, 0.1) is 25.8 Å². The molecule has 35 heavy (non-hydrogen) atoms. The third-order valence-electron chi connectivity index (χ3n) is 6.08. The van der Waals surface area contributed by atoms with E-state index < -0.39 is 22.0 Å². The van der Waals surface area contributed by atoms with Gasteiger partial charge in [0.25, 0.3) is 0 Å². The summed E-state index contributed by atoms with van der Waals surface area (Å²) >= 11 is 7.75. The number of nitrogens with zero attached hydrogens (tertiary/aromatic N) is 4. The van der Waals surface area contributed by atoms with Crippen LogP contribution in [-0.4, -0.2) is 46.0 Å². The van der Waals surface area contributed by atoms with Crippen LogP contribution in [0.1, 0.15) is 29.7 Å². The fourth-order valence-corrected chi connectivity index (χ4v) is 7.20. The van der Waals surface area contributed by atoms with Crippen molar-refractivity contribution < 1.29 is 13.2 Å². The highest BCUT2D eigenvalue weighted by Crippen LogP contribution is 2.34. The molecule has 1 aliphatic heterocycles. The minimum Gasteiger partial charge on any atom is -0.309 e. The number of aryl methyl sites for hydroxylation is 3. The van der Waals surface area contributed by atoms with Gasteiger partial charge in [0.1, 0.15) is 11.9 Å². The molecule has 4 aromatic rings. The Bertz CT molecular complexity index is 1500. The lowest BCUT2D eigenvalue weighted by Gasteiger charge is -2.23. The van der Waals surface area contributed by atoms with Gasteiger partial charge in [-0.1, -0.05) is 46.7 Å². The summed E-state index contributed by atoms with van der Waals surface area (Å²) < 4.78 is 30.3. The van der Waals surface area contributed by atoms with Crippen LogP contribution < -0.4 is 5.32 Å². The van der Waals surface area contributed by atoms with Gasteiger partial charge < -0.3 is 5.32 Å². The Morgan fingerprint density at radius 1 is 1.14 bits per heavy atom. The topological polar surface area (TPSA) is 97.2 Å². The summed E-state index contributed by atoms with van der Waals surface area (Å²) in [7, 11) is -3.80. The minimum atomic E-state index is -3.80. The normalized spacial score (nSPS) is 16.7. The Kier molecular flexibility index (Phi) is 6.16. The van der Waals surface area contributed by atoms with Crippen molar-refractivity contribution in [2.24, 2.45) is 0 Å². The number of hydrogen-bond donors (Lipinski definition) is 1. The van der Waals surface area contributed by atoms with Crippen molar-refractivity contribution in [2.75, 3.05) is 11.9 Å². The molecule has 0 radical (unpaired) electrons. The molecule has 1 N–H and O–H groups in total.